The number of sulfonamides is 1. The van der Waals surface area contributed by atoms with Gasteiger partial charge in [0.15, 0.2) is 0 Å². The van der Waals surface area contributed by atoms with Gasteiger partial charge < -0.3 is 15.0 Å². The zero-order valence-electron chi connectivity index (χ0n) is 24.6. The minimum atomic E-state index is -4.18. The molecule has 8 nitrogen and oxygen atoms in total. The molecule has 0 unspecified atom stereocenters. The lowest BCUT2D eigenvalue weighted by Crippen LogP contribution is -2.54. The smallest absolute Gasteiger partial charge is 0.264 e. The van der Waals surface area contributed by atoms with Gasteiger partial charge in [-0.25, -0.2) is 8.42 Å². The molecule has 0 saturated heterocycles. The summed E-state index contributed by atoms with van der Waals surface area (Å²) in [6.45, 7) is 10.6. The molecule has 0 aliphatic heterocycles. The van der Waals surface area contributed by atoms with Gasteiger partial charge in [-0.1, -0.05) is 29.8 Å². The molecule has 41 heavy (non-hydrogen) atoms. The number of methoxy groups -OCH3 is 1. The van der Waals surface area contributed by atoms with E-state index >= 15 is 0 Å². The number of halogens is 1. The molecule has 0 aliphatic carbocycles. The maximum Gasteiger partial charge on any atom is 0.264 e. The number of rotatable bonds is 10. The molecule has 10 heteroatoms. The van der Waals surface area contributed by atoms with Gasteiger partial charge in [0.25, 0.3) is 10.0 Å². The molecular formula is C31H38ClN3O5S. The van der Waals surface area contributed by atoms with Crippen LogP contribution in [0.5, 0.6) is 5.75 Å². The first-order valence-corrected chi connectivity index (χ1v) is 15.0. The number of carbonyl (C=O) groups is 2. The molecule has 1 atom stereocenters. The molecule has 0 aliphatic rings. The molecule has 0 aromatic heterocycles. The Bertz CT molecular complexity index is 1480. The second-order valence-electron chi connectivity index (χ2n) is 11.0. The third-order valence-corrected chi connectivity index (χ3v) is 8.68. The average molecular weight is 600 g/mol. The first-order valence-electron chi connectivity index (χ1n) is 13.2. The van der Waals surface area contributed by atoms with Crippen LogP contribution in [0.2, 0.25) is 5.02 Å². The van der Waals surface area contributed by atoms with Crippen LogP contribution in [0.15, 0.2) is 71.6 Å². The summed E-state index contributed by atoms with van der Waals surface area (Å²) in [5.41, 5.74) is 2.43. The van der Waals surface area contributed by atoms with Crippen LogP contribution in [0, 0.1) is 13.8 Å². The molecule has 0 saturated carbocycles. The molecule has 3 rings (SSSR count). The molecule has 2 amide bonds. The summed E-state index contributed by atoms with van der Waals surface area (Å²) in [4.78, 5) is 28.6. The minimum Gasteiger partial charge on any atom is -0.497 e. The normalized spacial score (nSPS) is 12.4. The van der Waals surface area contributed by atoms with Gasteiger partial charge in [0.1, 0.15) is 18.3 Å². The van der Waals surface area contributed by atoms with Gasteiger partial charge in [0.2, 0.25) is 11.8 Å². The second-order valence-corrected chi connectivity index (χ2v) is 13.3. The highest BCUT2D eigenvalue weighted by molar-refractivity contribution is 7.92. The van der Waals surface area contributed by atoms with E-state index in [1.807, 2.05) is 40.7 Å². The third kappa shape index (κ3) is 8.24. The van der Waals surface area contributed by atoms with Crippen molar-refractivity contribution in [2.24, 2.45) is 0 Å². The lowest BCUT2D eigenvalue weighted by Gasteiger charge is -2.33. The standard InChI is InChI=1S/C31H38ClN3O5S/c1-21-8-13-26(18-22(21)2)35(41(38,39)28-16-11-25(32)12-17-28)20-29(36)34(23(3)30(37)33-31(4,5)6)19-24-9-14-27(40-7)15-10-24/h8-18,23H,19-20H2,1-7H3,(H,33,37)/t23-/m1/s1. The van der Waals surface area contributed by atoms with Crippen molar-refractivity contribution in [1.29, 1.82) is 0 Å². The highest BCUT2D eigenvalue weighted by atomic mass is 35.5. The quantitative estimate of drug-likeness (QED) is 0.332. The molecule has 0 radical (unpaired) electrons. The summed E-state index contributed by atoms with van der Waals surface area (Å²) in [5, 5.41) is 3.31. The SMILES string of the molecule is COc1ccc(CN(C(=O)CN(c2ccc(C)c(C)c2)S(=O)(=O)c2ccc(Cl)cc2)[C@H](C)C(=O)NC(C)(C)C)cc1. The number of hydrogen-bond acceptors (Lipinski definition) is 5. The van der Waals surface area contributed by atoms with Crippen LogP contribution in [0.1, 0.15) is 44.4 Å². The highest BCUT2D eigenvalue weighted by Gasteiger charge is 2.33. The van der Waals surface area contributed by atoms with Gasteiger partial charge in [0, 0.05) is 17.1 Å². The summed E-state index contributed by atoms with van der Waals surface area (Å²) in [5.74, 6) is -0.231. The maximum atomic E-state index is 14.0. The largest absolute Gasteiger partial charge is 0.497 e. The molecular weight excluding hydrogens is 562 g/mol. The van der Waals surface area contributed by atoms with E-state index in [0.29, 0.717) is 16.5 Å². The zero-order chi connectivity index (χ0) is 30.5. The average Bonchev–Trinajstić information content (AvgIpc) is 2.91. The zero-order valence-corrected chi connectivity index (χ0v) is 26.1. The lowest BCUT2D eigenvalue weighted by atomic mass is 10.1. The van der Waals surface area contributed by atoms with Crippen LogP contribution in [0.3, 0.4) is 0 Å². The highest BCUT2D eigenvalue weighted by Crippen LogP contribution is 2.27. The monoisotopic (exact) mass is 599 g/mol. The van der Waals surface area contributed by atoms with Crippen molar-refractivity contribution in [3.63, 3.8) is 0 Å². The number of carbonyl (C=O) groups excluding carboxylic acids is 2. The van der Waals surface area contributed by atoms with Crippen LogP contribution in [-0.4, -0.2) is 50.4 Å². The van der Waals surface area contributed by atoms with E-state index in [1.165, 1.54) is 29.2 Å². The predicted octanol–water partition coefficient (Wildman–Crippen LogP) is 5.49. The van der Waals surface area contributed by atoms with Crippen LogP contribution < -0.4 is 14.4 Å². The Balaban J connectivity index is 2.06. The fraction of sp³-hybridized carbons (Fsp3) is 0.355. The molecule has 3 aromatic carbocycles. The summed E-state index contributed by atoms with van der Waals surface area (Å²) < 4.78 is 34.2. The molecule has 0 bridgehead atoms. The number of anilines is 1. The Kier molecular flexibility index (Phi) is 10.1. The van der Waals surface area contributed by atoms with Crippen LogP contribution in [0.25, 0.3) is 0 Å². The van der Waals surface area contributed by atoms with E-state index in [-0.39, 0.29) is 17.3 Å². The van der Waals surface area contributed by atoms with Crippen LogP contribution in [0.4, 0.5) is 5.69 Å². The van der Waals surface area contributed by atoms with Crippen molar-refractivity contribution >= 4 is 39.1 Å². The van der Waals surface area contributed by atoms with E-state index in [1.54, 1.807) is 50.4 Å². The Morgan fingerprint density at radius 1 is 0.951 bits per heavy atom. The number of hydrogen-bond donors (Lipinski definition) is 1. The van der Waals surface area contributed by atoms with E-state index < -0.39 is 34.1 Å². The van der Waals surface area contributed by atoms with Crippen molar-refractivity contribution in [3.05, 3.63) is 88.4 Å². The first-order chi connectivity index (χ1) is 19.1. The topological polar surface area (TPSA) is 96.0 Å². The number of aryl methyl sites for hydroxylation is 2. The molecule has 3 aromatic rings. The van der Waals surface area contributed by atoms with E-state index in [0.717, 1.165) is 21.0 Å². The summed E-state index contributed by atoms with van der Waals surface area (Å²) >= 11 is 6.01. The first kappa shape index (κ1) is 32.0. The van der Waals surface area contributed by atoms with Gasteiger partial charge in [-0.15, -0.1) is 0 Å². The number of benzene rings is 3. The maximum absolute atomic E-state index is 14.0. The van der Waals surface area contributed by atoms with Crippen molar-refractivity contribution < 1.29 is 22.7 Å². The minimum absolute atomic E-state index is 0.00634. The molecule has 220 valence electrons. The van der Waals surface area contributed by atoms with Crippen molar-refractivity contribution in [2.75, 3.05) is 18.0 Å². The van der Waals surface area contributed by atoms with Gasteiger partial charge in [0.05, 0.1) is 17.7 Å². The molecule has 0 fully saturated rings. The van der Waals surface area contributed by atoms with Crippen LogP contribution >= 0.6 is 11.6 Å². The van der Waals surface area contributed by atoms with Gasteiger partial charge in [-0.3, -0.25) is 13.9 Å². The second kappa shape index (κ2) is 13.0. The molecule has 0 heterocycles. The van der Waals surface area contributed by atoms with Crippen molar-refractivity contribution in [3.8, 4) is 5.75 Å². The number of nitrogens with zero attached hydrogens (tertiary/aromatic N) is 2. The fourth-order valence-electron chi connectivity index (χ4n) is 4.13. The van der Waals surface area contributed by atoms with E-state index in [2.05, 4.69) is 5.32 Å². The Morgan fingerprint density at radius 2 is 1.56 bits per heavy atom. The van der Waals surface area contributed by atoms with Crippen LogP contribution in [-0.2, 0) is 26.2 Å². The number of ether oxygens (including phenoxy) is 1. The Hall–Kier alpha value is -3.56. The molecule has 1 N–H and O–H groups in total. The van der Waals surface area contributed by atoms with E-state index in [4.69, 9.17) is 16.3 Å². The summed E-state index contributed by atoms with van der Waals surface area (Å²) in [7, 11) is -2.61. The van der Waals surface area contributed by atoms with Gasteiger partial charge in [-0.05, 0) is 107 Å². The Morgan fingerprint density at radius 3 is 2.10 bits per heavy atom. The lowest BCUT2D eigenvalue weighted by molar-refractivity contribution is -0.140. The van der Waals surface area contributed by atoms with Gasteiger partial charge in [-0.2, -0.15) is 0 Å². The van der Waals surface area contributed by atoms with Gasteiger partial charge >= 0.3 is 0 Å². The van der Waals surface area contributed by atoms with Crippen molar-refractivity contribution in [2.45, 2.75) is 64.6 Å². The van der Waals surface area contributed by atoms with Crippen molar-refractivity contribution in [1.82, 2.24) is 10.2 Å². The summed E-state index contributed by atoms with van der Waals surface area (Å²) in [6.07, 6.45) is 0. The molecule has 0 spiro atoms. The fourth-order valence-corrected chi connectivity index (χ4v) is 5.66. The third-order valence-electron chi connectivity index (χ3n) is 6.64. The number of nitrogens with one attached hydrogen (secondary N) is 1. The van der Waals surface area contributed by atoms with E-state index in [9.17, 15) is 18.0 Å². The predicted molar refractivity (Wildman–Crippen MR) is 163 cm³/mol. The summed E-state index contributed by atoms with van der Waals surface area (Å²) in [6, 6.07) is 17.3. The Labute approximate surface area is 248 Å². The number of amides is 2.